The van der Waals surface area contributed by atoms with E-state index in [-0.39, 0.29) is 39.6 Å². The van der Waals surface area contributed by atoms with Crippen LogP contribution in [0.5, 0.6) is 5.75 Å². The molecule has 3 aromatic rings. The Bertz CT molecular complexity index is 1350. The number of carbonyl (C=O) groups excluding carboxylic acids is 2. The molecule has 1 saturated carbocycles. The molecule has 4 N–H and O–H groups in total. The topological polar surface area (TPSA) is 121 Å². The number of aromatic hydroxyl groups is 1. The molecule has 0 unspecified atom stereocenters. The van der Waals surface area contributed by atoms with Crippen LogP contribution in [0.3, 0.4) is 0 Å². The third kappa shape index (κ3) is 5.10. The van der Waals surface area contributed by atoms with Crippen LogP contribution in [0.1, 0.15) is 55.8 Å². The standard InChI is InChI=1S/C27H29Cl2N5O3/c1-14(35)18-13-31-22-9-8-21(15-11-19(28)26(36)20(29)12-15)33-25(22)24(18)32-16-4-6-17(7-5-16)34-10-2-3-23(34)27(30)37/h8-9,11-13,16-17,23,36H,2-7,10H2,1H3,(H2,30,37)(H,31,32)/t16?,17?,23-/m0/s1. The fourth-order valence-corrected chi connectivity index (χ4v) is 6.13. The Balaban J connectivity index is 1.43. The number of ketones is 1. The van der Waals surface area contributed by atoms with Crippen molar-refractivity contribution in [2.24, 2.45) is 5.73 Å². The summed E-state index contributed by atoms with van der Waals surface area (Å²) in [4.78, 5) is 36.0. The molecule has 3 heterocycles. The molecule has 2 aliphatic rings. The lowest BCUT2D eigenvalue weighted by Crippen LogP contribution is -2.48. The van der Waals surface area contributed by atoms with Crippen molar-refractivity contribution in [1.82, 2.24) is 14.9 Å². The molecule has 37 heavy (non-hydrogen) atoms. The predicted octanol–water partition coefficient (Wildman–Crippen LogP) is 5.18. The molecule has 1 aliphatic heterocycles. The van der Waals surface area contributed by atoms with Crippen molar-refractivity contribution in [3.05, 3.63) is 46.1 Å². The number of benzene rings is 1. The highest BCUT2D eigenvalue weighted by Gasteiger charge is 2.36. The van der Waals surface area contributed by atoms with Gasteiger partial charge in [0.2, 0.25) is 5.91 Å². The van der Waals surface area contributed by atoms with E-state index in [0.717, 1.165) is 45.1 Å². The first-order valence-corrected chi connectivity index (χ1v) is 13.3. The summed E-state index contributed by atoms with van der Waals surface area (Å²) in [5.41, 5.74) is 9.25. The Morgan fingerprint density at radius 3 is 2.46 bits per heavy atom. The molecule has 0 radical (unpaired) electrons. The zero-order chi connectivity index (χ0) is 26.3. The van der Waals surface area contributed by atoms with Gasteiger partial charge in [0.1, 0.15) is 5.52 Å². The summed E-state index contributed by atoms with van der Waals surface area (Å²) < 4.78 is 0. The number of pyridine rings is 2. The molecular weight excluding hydrogens is 513 g/mol. The molecule has 1 aromatic carbocycles. The lowest BCUT2D eigenvalue weighted by atomic mass is 9.89. The van der Waals surface area contributed by atoms with Crippen molar-refractivity contribution in [3.8, 4) is 17.0 Å². The maximum atomic E-state index is 12.5. The Morgan fingerprint density at radius 1 is 1.11 bits per heavy atom. The fraction of sp³-hybridized carbons (Fsp3) is 0.407. The number of hydrogen-bond acceptors (Lipinski definition) is 7. The van der Waals surface area contributed by atoms with Crippen molar-refractivity contribution in [2.45, 2.75) is 63.6 Å². The highest BCUT2D eigenvalue weighted by molar-refractivity contribution is 6.37. The van der Waals surface area contributed by atoms with Gasteiger partial charge in [-0.3, -0.25) is 19.5 Å². The number of aromatic nitrogens is 2. The highest BCUT2D eigenvalue weighted by Crippen LogP contribution is 2.37. The van der Waals surface area contributed by atoms with Gasteiger partial charge in [0.25, 0.3) is 0 Å². The number of anilines is 1. The van der Waals surface area contributed by atoms with Crippen LogP contribution < -0.4 is 11.1 Å². The molecule has 5 rings (SSSR count). The molecule has 1 amide bonds. The summed E-state index contributed by atoms with van der Waals surface area (Å²) in [5.74, 6) is -0.512. The largest absolute Gasteiger partial charge is 0.505 e. The molecule has 2 aromatic heterocycles. The molecule has 0 bridgehead atoms. The maximum absolute atomic E-state index is 12.5. The molecule has 0 spiro atoms. The second-order valence-corrected chi connectivity index (χ2v) is 10.7. The van der Waals surface area contributed by atoms with E-state index in [0.29, 0.717) is 39.6 Å². The third-order valence-corrected chi connectivity index (χ3v) is 8.12. The van der Waals surface area contributed by atoms with Crippen LogP contribution in [-0.4, -0.2) is 56.3 Å². The quantitative estimate of drug-likeness (QED) is 0.367. The number of rotatable bonds is 6. The van der Waals surface area contributed by atoms with Crippen molar-refractivity contribution >= 4 is 51.6 Å². The smallest absolute Gasteiger partial charge is 0.234 e. The van der Waals surface area contributed by atoms with Crippen LogP contribution in [0.2, 0.25) is 10.0 Å². The first-order chi connectivity index (χ1) is 17.7. The summed E-state index contributed by atoms with van der Waals surface area (Å²) in [6, 6.07) is 7.19. The molecular formula is C27H29Cl2N5O3. The number of hydrogen-bond donors (Lipinski definition) is 3. The summed E-state index contributed by atoms with van der Waals surface area (Å²) in [7, 11) is 0. The lowest BCUT2D eigenvalue weighted by Gasteiger charge is -2.37. The molecule has 1 atom stereocenters. The van der Waals surface area contributed by atoms with Gasteiger partial charge in [-0.1, -0.05) is 23.2 Å². The van der Waals surface area contributed by atoms with E-state index in [4.69, 9.17) is 33.9 Å². The Kier molecular flexibility index (Phi) is 7.25. The van der Waals surface area contributed by atoms with E-state index in [1.807, 2.05) is 12.1 Å². The number of primary amides is 1. The lowest BCUT2D eigenvalue weighted by molar-refractivity contribution is -0.123. The number of Topliss-reactive ketones (excluding diaryl/α,β-unsaturated/α-hetero) is 1. The van der Waals surface area contributed by atoms with Crippen molar-refractivity contribution in [1.29, 1.82) is 0 Å². The van der Waals surface area contributed by atoms with Gasteiger partial charge in [0, 0.05) is 23.8 Å². The summed E-state index contributed by atoms with van der Waals surface area (Å²) in [6.07, 6.45) is 7.13. The average molecular weight is 542 g/mol. The molecule has 1 aliphatic carbocycles. The van der Waals surface area contributed by atoms with Gasteiger partial charge in [-0.05, 0) is 76.3 Å². The van der Waals surface area contributed by atoms with E-state index in [9.17, 15) is 14.7 Å². The van der Waals surface area contributed by atoms with Gasteiger partial charge >= 0.3 is 0 Å². The highest BCUT2D eigenvalue weighted by atomic mass is 35.5. The van der Waals surface area contributed by atoms with Crippen LogP contribution in [0, 0.1) is 0 Å². The van der Waals surface area contributed by atoms with E-state index in [1.165, 1.54) is 6.92 Å². The summed E-state index contributed by atoms with van der Waals surface area (Å²) in [5, 5.41) is 13.8. The van der Waals surface area contributed by atoms with Gasteiger partial charge in [-0.25, -0.2) is 4.98 Å². The van der Waals surface area contributed by atoms with Crippen LogP contribution in [0.25, 0.3) is 22.3 Å². The van der Waals surface area contributed by atoms with Gasteiger partial charge < -0.3 is 16.2 Å². The van der Waals surface area contributed by atoms with Crippen LogP contribution in [0.4, 0.5) is 5.69 Å². The average Bonchev–Trinajstić information content (AvgIpc) is 3.38. The minimum absolute atomic E-state index is 0.102. The zero-order valence-electron chi connectivity index (χ0n) is 20.5. The van der Waals surface area contributed by atoms with Crippen molar-refractivity contribution in [3.63, 3.8) is 0 Å². The summed E-state index contributed by atoms with van der Waals surface area (Å²) >= 11 is 12.3. The second kappa shape index (κ2) is 10.4. The first kappa shape index (κ1) is 25.7. The number of nitrogens with zero attached hydrogens (tertiary/aromatic N) is 3. The SMILES string of the molecule is CC(=O)c1cnc2ccc(-c3cc(Cl)c(O)c(Cl)c3)nc2c1NC1CCC(N2CCC[C@H]2C(N)=O)CC1. The molecule has 8 nitrogen and oxygen atoms in total. The minimum Gasteiger partial charge on any atom is -0.505 e. The molecule has 1 saturated heterocycles. The number of phenols is 1. The monoisotopic (exact) mass is 541 g/mol. The number of fused-ring (bicyclic) bond motifs is 1. The third-order valence-electron chi connectivity index (χ3n) is 7.54. The molecule has 2 fully saturated rings. The van der Waals surface area contributed by atoms with E-state index in [1.54, 1.807) is 18.3 Å². The summed E-state index contributed by atoms with van der Waals surface area (Å²) in [6.45, 7) is 2.43. The molecule has 194 valence electrons. The Morgan fingerprint density at radius 2 is 1.81 bits per heavy atom. The molecule has 10 heteroatoms. The number of likely N-dealkylation sites (tertiary alicyclic amines) is 1. The number of amides is 1. The number of nitrogens with two attached hydrogens (primary N) is 1. The Hall–Kier alpha value is -2.94. The van der Waals surface area contributed by atoms with Gasteiger partial charge in [-0.2, -0.15) is 0 Å². The van der Waals surface area contributed by atoms with Crippen molar-refractivity contribution < 1.29 is 14.7 Å². The van der Waals surface area contributed by atoms with Crippen molar-refractivity contribution in [2.75, 3.05) is 11.9 Å². The Labute approximate surface area is 225 Å². The number of nitrogens with one attached hydrogen (secondary N) is 1. The first-order valence-electron chi connectivity index (χ1n) is 12.5. The van der Waals surface area contributed by atoms with Gasteiger partial charge in [0.15, 0.2) is 11.5 Å². The number of phenolic OH excluding ortho intramolecular Hbond substituents is 1. The van der Waals surface area contributed by atoms with E-state index < -0.39 is 0 Å². The van der Waals surface area contributed by atoms with E-state index in [2.05, 4.69) is 15.2 Å². The number of carbonyl (C=O) groups is 2. The van der Waals surface area contributed by atoms with Crippen LogP contribution in [-0.2, 0) is 4.79 Å². The number of halogens is 2. The fourth-order valence-electron chi connectivity index (χ4n) is 5.64. The predicted molar refractivity (Wildman–Crippen MR) is 145 cm³/mol. The van der Waals surface area contributed by atoms with E-state index >= 15 is 0 Å². The van der Waals surface area contributed by atoms with Gasteiger partial charge in [-0.15, -0.1) is 0 Å². The second-order valence-electron chi connectivity index (χ2n) is 9.90. The van der Waals surface area contributed by atoms with Gasteiger partial charge in [0.05, 0.1) is 38.5 Å². The van der Waals surface area contributed by atoms with Crippen LogP contribution >= 0.6 is 23.2 Å². The minimum atomic E-state index is -0.231. The van der Waals surface area contributed by atoms with Crippen LogP contribution in [0.15, 0.2) is 30.5 Å². The maximum Gasteiger partial charge on any atom is 0.234 e. The zero-order valence-corrected chi connectivity index (χ0v) is 22.0. The normalized spacial score (nSPS) is 22.3.